The molecule has 1 aliphatic rings. The molecule has 0 aliphatic heterocycles. The topological polar surface area (TPSA) is 68.3 Å². The highest BCUT2D eigenvalue weighted by molar-refractivity contribution is 7.11. The number of fused-ring (bicyclic) bond motifs is 1. The summed E-state index contributed by atoms with van der Waals surface area (Å²) in [6.45, 7) is 3.37. The van der Waals surface area contributed by atoms with Gasteiger partial charge in [0.25, 0.3) is 5.91 Å². The molecule has 1 N–H and O–H groups in total. The molecule has 1 unspecified atom stereocenters. The number of hydrogen-bond donors (Lipinski definition) is 1. The molecule has 6 heteroatoms. The van der Waals surface area contributed by atoms with E-state index in [-0.39, 0.29) is 18.6 Å². The minimum atomic E-state index is -0.545. The number of nitrogens with zero attached hydrogens (tertiary/aromatic N) is 1. The Morgan fingerprint density at radius 1 is 1.33 bits per heavy atom. The summed E-state index contributed by atoms with van der Waals surface area (Å²) in [5.74, 6) is -0.828. The molecule has 1 aromatic carbocycles. The van der Waals surface area contributed by atoms with Gasteiger partial charge in [-0.3, -0.25) is 4.79 Å². The van der Waals surface area contributed by atoms with Gasteiger partial charge in [-0.1, -0.05) is 24.3 Å². The maximum atomic E-state index is 12.1. The molecule has 1 heterocycles. The minimum absolute atomic E-state index is 0.00981. The molecule has 1 amide bonds. The molecule has 0 fully saturated rings. The third-order valence-corrected chi connectivity index (χ3v) is 5.02. The van der Waals surface area contributed by atoms with Crippen molar-refractivity contribution in [3.8, 4) is 0 Å². The largest absolute Gasteiger partial charge is 0.451 e. The quantitative estimate of drug-likeness (QED) is 0.866. The van der Waals surface area contributed by atoms with Crippen molar-refractivity contribution in [2.75, 3.05) is 6.61 Å². The van der Waals surface area contributed by atoms with E-state index in [0.29, 0.717) is 5.69 Å². The summed E-state index contributed by atoms with van der Waals surface area (Å²) < 4.78 is 5.11. The molecule has 0 saturated heterocycles. The first-order chi connectivity index (χ1) is 11.5. The van der Waals surface area contributed by atoms with Crippen LogP contribution in [0.2, 0.25) is 0 Å². The number of hydrogen-bond acceptors (Lipinski definition) is 5. The van der Waals surface area contributed by atoms with Gasteiger partial charge in [-0.05, 0) is 44.2 Å². The summed E-state index contributed by atoms with van der Waals surface area (Å²) >= 11 is 1.44. The van der Waals surface area contributed by atoms with Crippen LogP contribution < -0.4 is 5.32 Å². The smallest absolute Gasteiger partial charge is 0.358 e. The predicted octanol–water partition coefficient (Wildman–Crippen LogP) is 3.11. The van der Waals surface area contributed by atoms with Gasteiger partial charge in [0.05, 0.1) is 11.0 Å². The number of carbonyl (C=O) groups is 2. The first-order valence-electron chi connectivity index (χ1n) is 8.03. The molecule has 2 aromatic rings. The lowest BCUT2D eigenvalue weighted by molar-refractivity contribution is -0.125. The number of esters is 1. The third-order valence-electron chi connectivity index (χ3n) is 4.14. The van der Waals surface area contributed by atoms with Crippen LogP contribution in [0, 0.1) is 13.8 Å². The summed E-state index contributed by atoms with van der Waals surface area (Å²) in [4.78, 5) is 29.1. The number of amides is 1. The van der Waals surface area contributed by atoms with Crippen molar-refractivity contribution >= 4 is 23.2 Å². The molecule has 24 heavy (non-hydrogen) atoms. The number of nitrogens with one attached hydrogen (secondary N) is 1. The van der Waals surface area contributed by atoms with Crippen LogP contribution in [-0.2, 0) is 16.0 Å². The van der Waals surface area contributed by atoms with Crippen LogP contribution >= 0.6 is 11.3 Å². The van der Waals surface area contributed by atoms with Gasteiger partial charge >= 0.3 is 5.97 Å². The Morgan fingerprint density at radius 3 is 2.88 bits per heavy atom. The number of carbonyl (C=O) groups excluding carboxylic acids is 2. The maximum Gasteiger partial charge on any atom is 0.358 e. The van der Waals surface area contributed by atoms with E-state index >= 15 is 0 Å². The van der Waals surface area contributed by atoms with E-state index in [2.05, 4.69) is 16.4 Å². The Labute approximate surface area is 145 Å². The Balaban J connectivity index is 1.57. The number of aromatic nitrogens is 1. The van der Waals surface area contributed by atoms with E-state index in [1.807, 2.05) is 32.0 Å². The molecule has 1 aliphatic carbocycles. The van der Waals surface area contributed by atoms with E-state index in [0.717, 1.165) is 34.7 Å². The zero-order valence-corrected chi connectivity index (χ0v) is 14.6. The molecule has 3 rings (SSSR count). The van der Waals surface area contributed by atoms with Gasteiger partial charge in [0.1, 0.15) is 0 Å². The van der Waals surface area contributed by atoms with Gasteiger partial charge < -0.3 is 10.1 Å². The third kappa shape index (κ3) is 3.64. The molecule has 1 aromatic heterocycles. The lowest BCUT2D eigenvalue weighted by atomic mass is 9.88. The Morgan fingerprint density at radius 2 is 2.12 bits per heavy atom. The monoisotopic (exact) mass is 344 g/mol. The number of rotatable bonds is 4. The maximum absolute atomic E-state index is 12.1. The number of aryl methyl sites for hydroxylation is 3. The van der Waals surface area contributed by atoms with E-state index in [9.17, 15) is 9.59 Å². The fourth-order valence-electron chi connectivity index (χ4n) is 3.06. The summed E-state index contributed by atoms with van der Waals surface area (Å²) in [5.41, 5.74) is 2.74. The SMILES string of the molecule is Cc1nc(C(=O)OCC(=O)NC2CCCc3ccccc32)c(C)s1. The lowest BCUT2D eigenvalue weighted by Crippen LogP contribution is -2.34. The number of benzene rings is 1. The Hall–Kier alpha value is -2.21. The summed E-state index contributed by atoms with van der Waals surface area (Å²) in [6.07, 6.45) is 2.99. The minimum Gasteiger partial charge on any atom is -0.451 e. The van der Waals surface area contributed by atoms with Crippen LogP contribution in [0.15, 0.2) is 24.3 Å². The molecule has 0 spiro atoms. The molecule has 0 saturated carbocycles. The molecule has 1 atom stereocenters. The molecule has 5 nitrogen and oxygen atoms in total. The Kier molecular flexibility index (Phi) is 4.94. The number of ether oxygens (including phenoxy) is 1. The van der Waals surface area contributed by atoms with Crippen LogP contribution in [0.25, 0.3) is 0 Å². The predicted molar refractivity (Wildman–Crippen MR) is 92.1 cm³/mol. The van der Waals surface area contributed by atoms with Crippen LogP contribution in [0.5, 0.6) is 0 Å². The second-order valence-electron chi connectivity index (χ2n) is 5.92. The summed E-state index contributed by atoms with van der Waals surface area (Å²) in [7, 11) is 0. The van der Waals surface area contributed by atoms with Crippen LogP contribution in [0.1, 0.15) is 50.4 Å². The molecule has 126 valence electrons. The van der Waals surface area contributed by atoms with Gasteiger partial charge in [-0.2, -0.15) is 0 Å². The lowest BCUT2D eigenvalue weighted by Gasteiger charge is -2.26. The van der Waals surface area contributed by atoms with Gasteiger partial charge in [-0.15, -0.1) is 11.3 Å². The van der Waals surface area contributed by atoms with Gasteiger partial charge in [0.2, 0.25) is 0 Å². The fraction of sp³-hybridized carbons (Fsp3) is 0.389. The van der Waals surface area contributed by atoms with Crippen LogP contribution in [-0.4, -0.2) is 23.5 Å². The molecule has 0 bridgehead atoms. The normalized spacial score (nSPS) is 16.3. The zero-order valence-electron chi connectivity index (χ0n) is 13.8. The first-order valence-corrected chi connectivity index (χ1v) is 8.84. The van der Waals surface area contributed by atoms with Crippen LogP contribution in [0.4, 0.5) is 0 Å². The molecular weight excluding hydrogens is 324 g/mol. The second-order valence-corrected chi connectivity index (χ2v) is 7.33. The first kappa shape index (κ1) is 16.6. The van der Waals surface area contributed by atoms with Crippen molar-refractivity contribution < 1.29 is 14.3 Å². The molecule has 0 radical (unpaired) electrons. The van der Waals surface area contributed by atoms with Gasteiger partial charge in [-0.25, -0.2) is 9.78 Å². The molecular formula is C18H20N2O3S. The number of thiazole rings is 1. The van der Waals surface area contributed by atoms with Gasteiger partial charge in [0, 0.05) is 4.88 Å². The Bertz CT molecular complexity index is 769. The van der Waals surface area contributed by atoms with Crippen molar-refractivity contribution in [3.63, 3.8) is 0 Å². The van der Waals surface area contributed by atoms with E-state index in [4.69, 9.17) is 4.74 Å². The average Bonchev–Trinajstić information content (AvgIpc) is 2.91. The van der Waals surface area contributed by atoms with Crippen molar-refractivity contribution in [2.24, 2.45) is 0 Å². The summed E-state index contributed by atoms with van der Waals surface area (Å²) in [6, 6.07) is 8.14. The van der Waals surface area contributed by atoms with Crippen LogP contribution in [0.3, 0.4) is 0 Å². The van der Waals surface area contributed by atoms with Gasteiger partial charge in [0.15, 0.2) is 12.3 Å². The van der Waals surface area contributed by atoms with Crippen molar-refractivity contribution in [1.82, 2.24) is 10.3 Å². The highest BCUT2D eigenvalue weighted by Gasteiger charge is 2.22. The van der Waals surface area contributed by atoms with E-state index < -0.39 is 5.97 Å². The highest BCUT2D eigenvalue weighted by Crippen LogP contribution is 2.29. The highest BCUT2D eigenvalue weighted by atomic mass is 32.1. The van der Waals surface area contributed by atoms with E-state index in [1.54, 1.807) is 0 Å². The van der Waals surface area contributed by atoms with Crippen molar-refractivity contribution in [3.05, 3.63) is 51.0 Å². The zero-order chi connectivity index (χ0) is 17.1. The van der Waals surface area contributed by atoms with E-state index in [1.165, 1.54) is 16.9 Å². The second kappa shape index (κ2) is 7.13. The fourth-order valence-corrected chi connectivity index (χ4v) is 3.86. The average molecular weight is 344 g/mol. The van der Waals surface area contributed by atoms with Crippen molar-refractivity contribution in [2.45, 2.75) is 39.2 Å². The standard InChI is InChI=1S/C18H20N2O3S/c1-11-17(19-12(2)24-11)18(22)23-10-16(21)20-15-9-5-7-13-6-3-4-8-14(13)15/h3-4,6,8,15H,5,7,9-10H2,1-2H3,(H,20,21). The van der Waals surface area contributed by atoms with Crippen molar-refractivity contribution in [1.29, 1.82) is 0 Å². The summed E-state index contributed by atoms with van der Waals surface area (Å²) in [5, 5.41) is 3.78.